The number of benzene rings is 2. The molecule has 0 amide bonds. The Labute approximate surface area is 208 Å². The third kappa shape index (κ3) is 4.15. The van der Waals surface area contributed by atoms with Crippen LogP contribution in [0, 0.1) is 5.82 Å². The van der Waals surface area contributed by atoms with Gasteiger partial charge in [0.15, 0.2) is 0 Å². The van der Waals surface area contributed by atoms with Gasteiger partial charge in [-0.3, -0.25) is 0 Å². The monoisotopic (exact) mass is 480 g/mol. The van der Waals surface area contributed by atoms with E-state index in [2.05, 4.69) is 19.9 Å². The van der Waals surface area contributed by atoms with Crippen molar-refractivity contribution in [2.45, 2.75) is 25.8 Å². The van der Waals surface area contributed by atoms with Crippen molar-refractivity contribution in [1.29, 1.82) is 0 Å². The van der Waals surface area contributed by atoms with Crippen molar-refractivity contribution in [2.24, 2.45) is 0 Å². The van der Waals surface area contributed by atoms with Crippen molar-refractivity contribution >= 4 is 16.9 Å². The van der Waals surface area contributed by atoms with Gasteiger partial charge in [-0.1, -0.05) is 18.2 Å². The molecule has 0 aliphatic carbocycles. The number of hydrogen-bond acceptors (Lipinski definition) is 6. The molecular weight excluding hydrogens is 455 g/mol. The molecule has 8 heteroatoms. The number of hydrogen-bond donors (Lipinski definition) is 1. The van der Waals surface area contributed by atoms with Crippen LogP contribution in [0.5, 0.6) is 5.88 Å². The zero-order chi connectivity index (χ0) is 24.5. The molecule has 180 valence electrons. The van der Waals surface area contributed by atoms with E-state index in [1.807, 2.05) is 49.4 Å². The van der Waals surface area contributed by atoms with E-state index >= 15 is 0 Å². The third-order valence-electron chi connectivity index (χ3n) is 6.40. The van der Waals surface area contributed by atoms with E-state index in [1.54, 1.807) is 18.3 Å². The van der Waals surface area contributed by atoms with E-state index in [1.165, 1.54) is 12.1 Å². The molecule has 3 aromatic heterocycles. The van der Waals surface area contributed by atoms with Crippen molar-refractivity contribution in [1.82, 2.24) is 24.5 Å². The maximum atomic E-state index is 13.7. The maximum Gasteiger partial charge on any atom is 0.223 e. The molecule has 5 aromatic rings. The molecule has 0 fully saturated rings. The van der Waals surface area contributed by atoms with Crippen LogP contribution in [-0.4, -0.2) is 37.7 Å². The lowest BCUT2D eigenvalue weighted by molar-refractivity contribution is 0.248. The predicted molar refractivity (Wildman–Crippen MR) is 137 cm³/mol. The lowest BCUT2D eigenvalue weighted by atomic mass is 10.1. The van der Waals surface area contributed by atoms with E-state index in [-0.39, 0.29) is 11.9 Å². The second-order valence-electron chi connectivity index (χ2n) is 8.74. The van der Waals surface area contributed by atoms with Crippen LogP contribution in [0.2, 0.25) is 0 Å². The highest BCUT2D eigenvalue weighted by Gasteiger charge is 2.31. The fourth-order valence-electron chi connectivity index (χ4n) is 4.73. The zero-order valence-corrected chi connectivity index (χ0v) is 19.9. The van der Waals surface area contributed by atoms with Gasteiger partial charge >= 0.3 is 0 Å². The number of rotatable bonds is 7. The topological polar surface area (TPSA) is 77.8 Å². The Hall–Kier alpha value is -4.33. The SMILES string of the molecule is CCNc1nccc(-c2c(-c3ccc(F)cc3)nc3n2[C@H](COc2ccc4ccccc4n2)CC3)n1. The molecule has 6 rings (SSSR count). The molecule has 1 N–H and O–H groups in total. The van der Waals surface area contributed by atoms with Crippen LogP contribution >= 0.6 is 0 Å². The highest BCUT2D eigenvalue weighted by Crippen LogP contribution is 2.39. The molecule has 2 aromatic carbocycles. The number of nitrogens with one attached hydrogen (secondary N) is 1. The number of para-hydroxylation sites is 1. The first-order valence-corrected chi connectivity index (χ1v) is 12.1. The summed E-state index contributed by atoms with van der Waals surface area (Å²) >= 11 is 0. The number of aromatic nitrogens is 5. The first kappa shape index (κ1) is 22.2. The summed E-state index contributed by atoms with van der Waals surface area (Å²) in [7, 11) is 0. The smallest absolute Gasteiger partial charge is 0.223 e. The van der Waals surface area contributed by atoms with Crippen molar-refractivity contribution in [2.75, 3.05) is 18.5 Å². The molecule has 0 unspecified atom stereocenters. The summed E-state index contributed by atoms with van der Waals surface area (Å²) in [5.74, 6) is 1.84. The minimum absolute atomic E-state index is 0.0579. The Morgan fingerprint density at radius 3 is 2.72 bits per heavy atom. The van der Waals surface area contributed by atoms with E-state index in [0.717, 1.165) is 52.2 Å². The van der Waals surface area contributed by atoms with Gasteiger partial charge in [-0.05, 0) is 55.8 Å². The predicted octanol–water partition coefficient (Wildman–Crippen LogP) is 5.69. The zero-order valence-electron chi connectivity index (χ0n) is 19.9. The van der Waals surface area contributed by atoms with Crippen molar-refractivity contribution < 1.29 is 9.13 Å². The Bertz CT molecular complexity index is 1530. The highest BCUT2D eigenvalue weighted by molar-refractivity contribution is 5.79. The first-order chi connectivity index (χ1) is 17.7. The lowest BCUT2D eigenvalue weighted by Gasteiger charge is -2.18. The maximum absolute atomic E-state index is 13.7. The average molecular weight is 481 g/mol. The van der Waals surface area contributed by atoms with Crippen molar-refractivity contribution in [3.05, 3.63) is 84.6 Å². The number of pyridine rings is 1. The number of nitrogens with zero attached hydrogens (tertiary/aromatic N) is 5. The minimum Gasteiger partial charge on any atom is -0.475 e. The van der Waals surface area contributed by atoms with Crippen molar-refractivity contribution in [3.8, 4) is 28.5 Å². The average Bonchev–Trinajstić information content (AvgIpc) is 3.48. The number of ether oxygens (including phenoxy) is 1. The van der Waals surface area contributed by atoms with Gasteiger partial charge < -0.3 is 14.6 Å². The Morgan fingerprint density at radius 1 is 1.00 bits per heavy atom. The largest absolute Gasteiger partial charge is 0.475 e. The van der Waals surface area contributed by atoms with Gasteiger partial charge in [-0.15, -0.1) is 0 Å². The number of fused-ring (bicyclic) bond motifs is 2. The molecule has 1 aliphatic heterocycles. The van der Waals surface area contributed by atoms with Gasteiger partial charge in [0.05, 0.1) is 28.6 Å². The molecule has 4 heterocycles. The van der Waals surface area contributed by atoms with Crippen LogP contribution in [0.25, 0.3) is 33.5 Å². The molecule has 0 radical (unpaired) electrons. The fraction of sp³-hybridized carbons (Fsp3) is 0.214. The minimum atomic E-state index is -0.280. The van der Waals surface area contributed by atoms with E-state index in [4.69, 9.17) is 14.7 Å². The fourth-order valence-corrected chi connectivity index (χ4v) is 4.73. The van der Waals surface area contributed by atoms with Crippen LogP contribution < -0.4 is 10.1 Å². The van der Waals surface area contributed by atoms with Crippen molar-refractivity contribution in [3.63, 3.8) is 0 Å². The number of anilines is 1. The first-order valence-electron chi connectivity index (χ1n) is 12.1. The van der Waals surface area contributed by atoms with Gasteiger partial charge in [-0.2, -0.15) is 0 Å². The Kier molecular flexibility index (Phi) is 5.77. The summed E-state index contributed by atoms with van der Waals surface area (Å²) in [6, 6.07) is 20.3. The quantitative estimate of drug-likeness (QED) is 0.322. The number of halogens is 1. The van der Waals surface area contributed by atoms with Crippen LogP contribution in [0.15, 0.2) is 72.9 Å². The second kappa shape index (κ2) is 9.37. The molecule has 1 aliphatic rings. The third-order valence-corrected chi connectivity index (χ3v) is 6.40. The summed E-state index contributed by atoms with van der Waals surface area (Å²) in [5.41, 5.74) is 4.17. The normalized spacial score (nSPS) is 14.7. The summed E-state index contributed by atoms with van der Waals surface area (Å²) in [6.45, 7) is 3.18. The Morgan fingerprint density at radius 2 is 1.86 bits per heavy atom. The number of imidazole rings is 1. The standard InChI is InChI=1S/C28H25FN6O/c1-2-30-28-31-16-15-23(33-28)27-26(19-7-10-20(29)11-8-19)34-24-13-12-21(35(24)27)17-36-25-14-9-18-5-3-4-6-22(18)32-25/h3-11,14-16,21H,2,12-13,17H2,1H3,(H,30,31,33)/t21-/m0/s1. The van der Waals surface area contributed by atoms with E-state index < -0.39 is 0 Å². The van der Waals surface area contributed by atoms with Gasteiger partial charge in [0, 0.05) is 36.2 Å². The Balaban J connectivity index is 1.38. The summed E-state index contributed by atoms with van der Waals surface area (Å²) in [4.78, 5) is 18.7. The van der Waals surface area contributed by atoms with Gasteiger partial charge in [-0.25, -0.2) is 24.3 Å². The van der Waals surface area contributed by atoms with E-state index in [0.29, 0.717) is 25.0 Å². The molecule has 7 nitrogen and oxygen atoms in total. The number of aryl methyl sites for hydroxylation is 1. The summed E-state index contributed by atoms with van der Waals surface area (Å²) in [6.07, 6.45) is 3.46. The molecule has 1 atom stereocenters. The summed E-state index contributed by atoms with van der Waals surface area (Å²) in [5, 5.41) is 4.26. The second-order valence-corrected chi connectivity index (χ2v) is 8.74. The highest BCUT2D eigenvalue weighted by atomic mass is 19.1. The summed E-state index contributed by atoms with van der Waals surface area (Å²) < 4.78 is 22.1. The van der Waals surface area contributed by atoms with Crippen LogP contribution in [0.4, 0.5) is 10.3 Å². The van der Waals surface area contributed by atoms with Crippen LogP contribution in [0.1, 0.15) is 25.2 Å². The van der Waals surface area contributed by atoms with E-state index in [9.17, 15) is 4.39 Å². The molecule has 0 bridgehead atoms. The van der Waals surface area contributed by atoms with Gasteiger partial charge in [0.1, 0.15) is 18.2 Å². The lowest BCUT2D eigenvalue weighted by Crippen LogP contribution is -2.16. The van der Waals surface area contributed by atoms with Crippen LogP contribution in [0.3, 0.4) is 0 Å². The van der Waals surface area contributed by atoms with Gasteiger partial charge in [0.25, 0.3) is 0 Å². The molecular formula is C28H25FN6O. The molecule has 0 spiro atoms. The van der Waals surface area contributed by atoms with Gasteiger partial charge in [0.2, 0.25) is 11.8 Å². The molecule has 0 saturated carbocycles. The van der Waals surface area contributed by atoms with Crippen LogP contribution in [-0.2, 0) is 6.42 Å². The molecule has 36 heavy (non-hydrogen) atoms. The molecule has 0 saturated heterocycles.